The van der Waals surface area contributed by atoms with E-state index in [0.717, 1.165) is 52.1 Å². The molecule has 1 fully saturated rings. The molecule has 0 N–H and O–H groups in total. The minimum absolute atomic E-state index is 0.0550. The zero-order valence-electron chi connectivity index (χ0n) is 12.0. The van der Waals surface area contributed by atoms with Crippen molar-refractivity contribution in [3.63, 3.8) is 0 Å². The number of carbonyl (C=O) groups is 1. The first-order valence-electron chi connectivity index (χ1n) is 7.01. The van der Waals surface area contributed by atoms with Gasteiger partial charge in [-0.25, -0.2) is 0 Å². The van der Waals surface area contributed by atoms with Crippen molar-refractivity contribution in [1.82, 2.24) is 4.90 Å². The number of methoxy groups -OCH3 is 1. The number of nitrogens with zero attached hydrogens (tertiary/aromatic N) is 1. The van der Waals surface area contributed by atoms with Crippen LogP contribution in [0.15, 0.2) is 0 Å². The molecule has 1 heterocycles. The summed E-state index contributed by atoms with van der Waals surface area (Å²) in [7, 11) is 1.47. The molecular formula is C14H27NO3. The van der Waals surface area contributed by atoms with E-state index in [1.165, 1.54) is 7.11 Å². The summed E-state index contributed by atoms with van der Waals surface area (Å²) in [6, 6.07) is 0. The first kappa shape index (κ1) is 15.4. The number of rotatable bonds is 7. The van der Waals surface area contributed by atoms with Crippen LogP contribution in [0.1, 0.15) is 33.1 Å². The van der Waals surface area contributed by atoms with Gasteiger partial charge in [0.2, 0.25) is 0 Å². The molecule has 0 bridgehead atoms. The molecule has 0 aromatic rings. The number of carbonyl (C=O) groups excluding carboxylic acids is 1. The highest BCUT2D eigenvalue weighted by Crippen LogP contribution is 2.17. The van der Waals surface area contributed by atoms with Crippen LogP contribution < -0.4 is 0 Å². The molecule has 0 saturated carbocycles. The van der Waals surface area contributed by atoms with Gasteiger partial charge in [-0.2, -0.15) is 0 Å². The Morgan fingerprint density at radius 1 is 1.39 bits per heavy atom. The van der Waals surface area contributed by atoms with Crippen LogP contribution in [0, 0.1) is 11.8 Å². The van der Waals surface area contributed by atoms with Crippen LogP contribution in [0.4, 0.5) is 0 Å². The van der Waals surface area contributed by atoms with Gasteiger partial charge >= 0.3 is 5.97 Å². The van der Waals surface area contributed by atoms with Crippen LogP contribution in [0.5, 0.6) is 0 Å². The quantitative estimate of drug-likeness (QED) is 0.516. The molecule has 1 rings (SSSR count). The van der Waals surface area contributed by atoms with Gasteiger partial charge in [-0.3, -0.25) is 4.79 Å². The lowest BCUT2D eigenvalue weighted by atomic mass is 9.98. The Labute approximate surface area is 111 Å². The van der Waals surface area contributed by atoms with Gasteiger partial charge in [0.25, 0.3) is 0 Å². The van der Waals surface area contributed by atoms with Gasteiger partial charge < -0.3 is 14.4 Å². The van der Waals surface area contributed by atoms with Crippen molar-refractivity contribution < 1.29 is 14.3 Å². The fraction of sp³-hybridized carbons (Fsp3) is 0.929. The van der Waals surface area contributed by atoms with Gasteiger partial charge in [0.05, 0.1) is 19.6 Å². The Hall–Kier alpha value is -0.610. The minimum atomic E-state index is -0.0690. The molecule has 4 heteroatoms. The van der Waals surface area contributed by atoms with Gasteiger partial charge in [-0.05, 0) is 31.7 Å². The lowest BCUT2D eigenvalue weighted by Crippen LogP contribution is -2.40. The van der Waals surface area contributed by atoms with Crippen molar-refractivity contribution in [2.24, 2.45) is 11.8 Å². The van der Waals surface area contributed by atoms with E-state index in [-0.39, 0.29) is 11.9 Å². The van der Waals surface area contributed by atoms with E-state index in [0.29, 0.717) is 5.92 Å². The lowest BCUT2D eigenvalue weighted by Gasteiger charge is -2.31. The average Bonchev–Trinajstić information content (AvgIpc) is 2.37. The van der Waals surface area contributed by atoms with Crippen molar-refractivity contribution in [2.75, 3.05) is 40.0 Å². The molecule has 0 radical (unpaired) electrons. The third-order valence-electron chi connectivity index (χ3n) is 3.43. The number of hydrogen-bond donors (Lipinski definition) is 0. The van der Waals surface area contributed by atoms with E-state index < -0.39 is 0 Å². The first-order chi connectivity index (χ1) is 8.63. The predicted octanol–water partition coefficient (Wildman–Crippen LogP) is 1.93. The summed E-state index contributed by atoms with van der Waals surface area (Å²) in [4.78, 5) is 13.8. The van der Waals surface area contributed by atoms with E-state index in [1.54, 1.807) is 0 Å². The molecule has 0 aromatic carbocycles. The highest BCUT2D eigenvalue weighted by molar-refractivity contribution is 5.72. The van der Waals surface area contributed by atoms with E-state index in [4.69, 9.17) is 9.47 Å². The van der Waals surface area contributed by atoms with Gasteiger partial charge in [0.1, 0.15) is 0 Å². The molecule has 0 aromatic heterocycles. The summed E-state index contributed by atoms with van der Waals surface area (Å²) in [5.41, 5.74) is 0. The SMILES string of the molecule is COC(=O)C1CCCN(CCOCCC(C)C)C1. The average molecular weight is 257 g/mol. The molecule has 18 heavy (non-hydrogen) atoms. The van der Waals surface area contributed by atoms with Crippen molar-refractivity contribution in [2.45, 2.75) is 33.1 Å². The molecule has 106 valence electrons. The molecule has 1 atom stereocenters. The molecule has 1 aliphatic heterocycles. The van der Waals surface area contributed by atoms with Crippen LogP contribution in [0.2, 0.25) is 0 Å². The fourth-order valence-corrected chi connectivity index (χ4v) is 2.23. The molecule has 0 amide bonds. The summed E-state index contributed by atoms with van der Waals surface area (Å²) in [5.74, 6) is 0.684. The lowest BCUT2D eigenvalue weighted by molar-refractivity contribution is -0.147. The smallest absolute Gasteiger partial charge is 0.309 e. The van der Waals surface area contributed by atoms with Gasteiger partial charge in [0.15, 0.2) is 0 Å². The van der Waals surface area contributed by atoms with Crippen LogP contribution in [-0.4, -0.2) is 50.8 Å². The fourth-order valence-electron chi connectivity index (χ4n) is 2.23. The summed E-state index contributed by atoms with van der Waals surface area (Å²) < 4.78 is 10.4. The third-order valence-corrected chi connectivity index (χ3v) is 3.43. The van der Waals surface area contributed by atoms with Crippen molar-refractivity contribution in [3.8, 4) is 0 Å². The zero-order valence-corrected chi connectivity index (χ0v) is 12.0. The number of hydrogen-bond acceptors (Lipinski definition) is 4. The standard InChI is InChI=1S/C14H27NO3/c1-12(2)6-9-18-10-8-15-7-4-5-13(11-15)14(16)17-3/h12-13H,4-11H2,1-3H3. The van der Waals surface area contributed by atoms with E-state index in [2.05, 4.69) is 18.7 Å². The summed E-state index contributed by atoms with van der Waals surface area (Å²) in [6.45, 7) is 8.82. The Bertz CT molecular complexity index is 243. The Balaban J connectivity index is 2.12. The topological polar surface area (TPSA) is 38.8 Å². The maximum Gasteiger partial charge on any atom is 0.309 e. The van der Waals surface area contributed by atoms with Crippen LogP contribution >= 0.6 is 0 Å². The third kappa shape index (κ3) is 5.83. The zero-order chi connectivity index (χ0) is 13.4. The molecule has 1 unspecified atom stereocenters. The van der Waals surface area contributed by atoms with Crippen molar-refractivity contribution in [3.05, 3.63) is 0 Å². The maximum atomic E-state index is 11.5. The normalized spacial score (nSPS) is 21.2. The number of esters is 1. The van der Waals surface area contributed by atoms with Gasteiger partial charge in [0, 0.05) is 19.7 Å². The Kier molecular flexibility index (Phi) is 7.28. The highest BCUT2D eigenvalue weighted by atomic mass is 16.5. The van der Waals surface area contributed by atoms with Crippen molar-refractivity contribution in [1.29, 1.82) is 0 Å². The maximum absolute atomic E-state index is 11.5. The molecule has 0 aliphatic carbocycles. The van der Waals surface area contributed by atoms with Crippen LogP contribution in [0.3, 0.4) is 0 Å². The van der Waals surface area contributed by atoms with Crippen LogP contribution in [0.25, 0.3) is 0 Å². The van der Waals surface area contributed by atoms with Gasteiger partial charge in [-0.15, -0.1) is 0 Å². The molecule has 1 aliphatic rings. The van der Waals surface area contributed by atoms with E-state index in [1.807, 2.05) is 0 Å². The van der Waals surface area contributed by atoms with Crippen molar-refractivity contribution >= 4 is 5.97 Å². The monoisotopic (exact) mass is 257 g/mol. The largest absolute Gasteiger partial charge is 0.469 e. The molecule has 4 nitrogen and oxygen atoms in total. The number of likely N-dealkylation sites (tertiary alicyclic amines) is 1. The first-order valence-corrected chi connectivity index (χ1v) is 7.01. The van der Waals surface area contributed by atoms with Crippen LogP contribution in [-0.2, 0) is 14.3 Å². The second kappa shape index (κ2) is 8.48. The van der Waals surface area contributed by atoms with E-state index in [9.17, 15) is 4.79 Å². The number of piperidine rings is 1. The van der Waals surface area contributed by atoms with E-state index >= 15 is 0 Å². The summed E-state index contributed by atoms with van der Waals surface area (Å²) >= 11 is 0. The Morgan fingerprint density at radius 2 is 2.17 bits per heavy atom. The summed E-state index contributed by atoms with van der Waals surface area (Å²) in [5, 5.41) is 0. The molecule has 1 saturated heterocycles. The minimum Gasteiger partial charge on any atom is -0.469 e. The molecule has 0 spiro atoms. The summed E-state index contributed by atoms with van der Waals surface area (Å²) in [6.07, 6.45) is 3.15. The van der Waals surface area contributed by atoms with Gasteiger partial charge in [-0.1, -0.05) is 13.8 Å². The highest BCUT2D eigenvalue weighted by Gasteiger charge is 2.25. The second-order valence-corrected chi connectivity index (χ2v) is 5.46. The molecular weight excluding hydrogens is 230 g/mol. The predicted molar refractivity (Wildman–Crippen MR) is 71.5 cm³/mol. The number of ether oxygens (including phenoxy) is 2. The second-order valence-electron chi connectivity index (χ2n) is 5.46. The Morgan fingerprint density at radius 3 is 2.83 bits per heavy atom.